The van der Waals surface area contributed by atoms with Gasteiger partial charge in [-0.3, -0.25) is 4.90 Å². The number of rotatable bonds is 3. The van der Waals surface area contributed by atoms with Gasteiger partial charge < -0.3 is 9.30 Å². The fraction of sp³-hybridized carbons (Fsp3) is 0.533. The smallest absolute Gasteiger partial charge is 0.0958 e. The number of para-hydroxylation sites is 2. The SMILES string of the molecule is C[C@@H]1CN(CCn2cnc3ccccc32)CCCO1. The summed E-state index contributed by atoms with van der Waals surface area (Å²) in [5, 5.41) is 0. The summed E-state index contributed by atoms with van der Waals surface area (Å²) in [5.74, 6) is 0. The highest BCUT2D eigenvalue weighted by Gasteiger charge is 2.14. The van der Waals surface area contributed by atoms with Crippen LogP contribution in [0.5, 0.6) is 0 Å². The maximum atomic E-state index is 5.68. The Morgan fingerprint density at radius 1 is 1.32 bits per heavy atom. The van der Waals surface area contributed by atoms with Crippen molar-refractivity contribution in [3.8, 4) is 0 Å². The van der Waals surface area contributed by atoms with Crippen LogP contribution in [0.1, 0.15) is 13.3 Å². The van der Waals surface area contributed by atoms with Gasteiger partial charge in [0.15, 0.2) is 0 Å². The van der Waals surface area contributed by atoms with E-state index in [1.165, 1.54) is 5.52 Å². The molecule has 0 spiro atoms. The summed E-state index contributed by atoms with van der Waals surface area (Å²) in [7, 11) is 0. The van der Waals surface area contributed by atoms with E-state index in [1.807, 2.05) is 12.4 Å². The zero-order valence-corrected chi connectivity index (χ0v) is 11.5. The van der Waals surface area contributed by atoms with Gasteiger partial charge in [-0.05, 0) is 25.5 Å². The monoisotopic (exact) mass is 259 g/mol. The van der Waals surface area contributed by atoms with Gasteiger partial charge in [0, 0.05) is 32.8 Å². The summed E-state index contributed by atoms with van der Waals surface area (Å²) >= 11 is 0. The van der Waals surface area contributed by atoms with Crippen LogP contribution in [0.25, 0.3) is 11.0 Å². The lowest BCUT2D eigenvalue weighted by Crippen LogP contribution is -2.32. The summed E-state index contributed by atoms with van der Waals surface area (Å²) in [6.45, 7) is 7.28. The zero-order valence-electron chi connectivity index (χ0n) is 11.5. The third kappa shape index (κ3) is 2.96. The van der Waals surface area contributed by atoms with Gasteiger partial charge in [-0.2, -0.15) is 0 Å². The topological polar surface area (TPSA) is 30.3 Å². The predicted molar refractivity (Wildman–Crippen MR) is 76.2 cm³/mol. The van der Waals surface area contributed by atoms with E-state index in [0.717, 1.165) is 44.7 Å². The van der Waals surface area contributed by atoms with E-state index in [1.54, 1.807) is 0 Å². The molecular weight excluding hydrogens is 238 g/mol. The van der Waals surface area contributed by atoms with Crippen LogP contribution in [-0.2, 0) is 11.3 Å². The molecule has 2 heterocycles. The van der Waals surface area contributed by atoms with Crippen molar-refractivity contribution in [1.82, 2.24) is 14.5 Å². The molecular formula is C15H21N3O. The number of ether oxygens (including phenoxy) is 1. The molecule has 1 atom stereocenters. The number of aromatic nitrogens is 2. The van der Waals surface area contributed by atoms with Gasteiger partial charge in [0.05, 0.1) is 23.5 Å². The standard InChI is InChI=1S/C15H21N3O/c1-13-11-17(7-4-10-19-13)8-9-18-12-16-14-5-2-3-6-15(14)18/h2-3,5-6,12-13H,4,7-11H2,1H3/t13-/m1/s1. The number of nitrogens with zero attached hydrogens (tertiary/aromatic N) is 3. The van der Waals surface area contributed by atoms with Crippen molar-refractivity contribution < 1.29 is 4.74 Å². The largest absolute Gasteiger partial charge is 0.377 e. The fourth-order valence-electron chi connectivity index (χ4n) is 2.72. The normalized spacial score (nSPS) is 21.6. The Morgan fingerprint density at radius 3 is 3.16 bits per heavy atom. The highest BCUT2D eigenvalue weighted by Crippen LogP contribution is 2.12. The average molecular weight is 259 g/mol. The number of benzene rings is 1. The summed E-state index contributed by atoms with van der Waals surface area (Å²) < 4.78 is 7.92. The van der Waals surface area contributed by atoms with Gasteiger partial charge in [0.2, 0.25) is 0 Å². The van der Waals surface area contributed by atoms with Gasteiger partial charge in [-0.15, -0.1) is 0 Å². The molecule has 4 heteroatoms. The first-order chi connectivity index (χ1) is 9.33. The highest BCUT2D eigenvalue weighted by molar-refractivity contribution is 5.74. The van der Waals surface area contributed by atoms with E-state index in [9.17, 15) is 0 Å². The average Bonchev–Trinajstić information content (AvgIpc) is 2.72. The molecule has 0 N–H and O–H groups in total. The van der Waals surface area contributed by atoms with Crippen LogP contribution in [0.15, 0.2) is 30.6 Å². The third-order valence-corrected chi connectivity index (χ3v) is 3.72. The number of fused-ring (bicyclic) bond motifs is 1. The van der Waals surface area contributed by atoms with E-state index in [0.29, 0.717) is 6.10 Å². The second-order valence-corrected chi connectivity index (χ2v) is 5.26. The van der Waals surface area contributed by atoms with Crippen LogP contribution in [0, 0.1) is 0 Å². The lowest BCUT2D eigenvalue weighted by molar-refractivity contribution is 0.0673. The predicted octanol–water partition coefficient (Wildman–Crippen LogP) is 2.15. The summed E-state index contributed by atoms with van der Waals surface area (Å²) in [6.07, 6.45) is 3.43. The fourth-order valence-corrected chi connectivity index (χ4v) is 2.72. The Bertz CT molecular complexity index is 537. The van der Waals surface area contributed by atoms with Crippen LogP contribution in [-0.4, -0.2) is 46.8 Å². The van der Waals surface area contributed by atoms with Gasteiger partial charge in [-0.1, -0.05) is 12.1 Å². The van der Waals surface area contributed by atoms with Crippen LogP contribution in [0.2, 0.25) is 0 Å². The minimum absolute atomic E-state index is 0.349. The zero-order chi connectivity index (χ0) is 13.1. The van der Waals surface area contributed by atoms with Gasteiger partial charge in [0.25, 0.3) is 0 Å². The van der Waals surface area contributed by atoms with E-state index >= 15 is 0 Å². The van der Waals surface area contributed by atoms with Crippen LogP contribution in [0.3, 0.4) is 0 Å². The van der Waals surface area contributed by atoms with E-state index in [2.05, 4.69) is 39.6 Å². The first-order valence-electron chi connectivity index (χ1n) is 7.07. The minimum atomic E-state index is 0.349. The molecule has 2 aromatic rings. The second-order valence-electron chi connectivity index (χ2n) is 5.26. The lowest BCUT2D eigenvalue weighted by atomic mass is 10.3. The molecule has 1 saturated heterocycles. The quantitative estimate of drug-likeness (QED) is 0.846. The van der Waals surface area contributed by atoms with Gasteiger partial charge in [0.1, 0.15) is 0 Å². The molecule has 1 fully saturated rings. The first kappa shape index (κ1) is 12.6. The second kappa shape index (κ2) is 5.72. The molecule has 19 heavy (non-hydrogen) atoms. The Hall–Kier alpha value is -1.39. The highest BCUT2D eigenvalue weighted by atomic mass is 16.5. The van der Waals surface area contributed by atoms with E-state index < -0.39 is 0 Å². The lowest BCUT2D eigenvalue weighted by Gasteiger charge is -2.21. The number of imidazole rings is 1. The number of hydrogen-bond donors (Lipinski definition) is 0. The Balaban J connectivity index is 1.65. The van der Waals surface area contributed by atoms with Crippen molar-refractivity contribution in [3.63, 3.8) is 0 Å². The summed E-state index contributed by atoms with van der Waals surface area (Å²) in [4.78, 5) is 6.93. The molecule has 1 aliphatic rings. The van der Waals surface area contributed by atoms with E-state index in [-0.39, 0.29) is 0 Å². The summed E-state index contributed by atoms with van der Waals surface area (Å²) in [5.41, 5.74) is 2.30. The van der Waals surface area contributed by atoms with Crippen molar-refractivity contribution in [1.29, 1.82) is 0 Å². The molecule has 4 nitrogen and oxygen atoms in total. The van der Waals surface area contributed by atoms with Gasteiger partial charge in [-0.25, -0.2) is 4.98 Å². The molecule has 102 valence electrons. The van der Waals surface area contributed by atoms with Crippen molar-refractivity contribution >= 4 is 11.0 Å². The first-order valence-corrected chi connectivity index (χ1v) is 7.07. The maximum Gasteiger partial charge on any atom is 0.0958 e. The molecule has 1 aromatic heterocycles. The molecule has 3 rings (SSSR count). The molecule has 0 aliphatic carbocycles. The van der Waals surface area contributed by atoms with Crippen molar-refractivity contribution in [2.24, 2.45) is 0 Å². The molecule has 0 unspecified atom stereocenters. The van der Waals surface area contributed by atoms with Crippen LogP contribution < -0.4 is 0 Å². The molecule has 0 bridgehead atoms. The molecule has 0 saturated carbocycles. The van der Waals surface area contributed by atoms with Crippen LogP contribution >= 0.6 is 0 Å². The molecule has 1 aromatic carbocycles. The van der Waals surface area contributed by atoms with Crippen molar-refractivity contribution in [3.05, 3.63) is 30.6 Å². The van der Waals surface area contributed by atoms with Crippen molar-refractivity contribution in [2.45, 2.75) is 26.0 Å². The number of hydrogen-bond acceptors (Lipinski definition) is 3. The maximum absolute atomic E-state index is 5.68. The summed E-state index contributed by atoms with van der Waals surface area (Å²) in [6, 6.07) is 8.31. The Kier molecular flexibility index (Phi) is 3.80. The Labute approximate surface area is 114 Å². The van der Waals surface area contributed by atoms with Gasteiger partial charge >= 0.3 is 0 Å². The van der Waals surface area contributed by atoms with Crippen molar-refractivity contribution in [2.75, 3.05) is 26.2 Å². The minimum Gasteiger partial charge on any atom is -0.377 e. The van der Waals surface area contributed by atoms with E-state index in [4.69, 9.17) is 4.74 Å². The third-order valence-electron chi connectivity index (χ3n) is 3.72. The molecule has 0 radical (unpaired) electrons. The molecule has 1 aliphatic heterocycles. The van der Waals surface area contributed by atoms with Crippen LogP contribution in [0.4, 0.5) is 0 Å². The molecule has 0 amide bonds. The Morgan fingerprint density at radius 2 is 2.21 bits per heavy atom.